The van der Waals surface area contributed by atoms with Crippen molar-refractivity contribution in [3.05, 3.63) is 0 Å². The van der Waals surface area contributed by atoms with E-state index in [4.69, 9.17) is 9.47 Å². The van der Waals surface area contributed by atoms with Gasteiger partial charge in [-0.1, -0.05) is 20.8 Å². The maximum Gasteiger partial charge on any atom is 0.336 e. The summed E-state index contributed by atoms with van der Waals surface area (Å²) >= 11 is 0. The Hall–Kier alpha value is -0.610. The number of hydrogen-bond donors (Lipinski definition) is 1. The normalized spacial score (nSPS) is 20.1. The van der Waals surface area contributed by atoms with Crippen molar-refractivity contribution in [3.8, 4) is 0 Å². The summed E-state index contributed by atoms with van der Waals surface area (Å²) in [6.07, 6.45) is 1.55. The number of rotatable bonds is 3. The summed E-state index contributed by atoms with van der Waals surface area (Å²) in [5.41, 5.74) is -0.731. The van der Waals surface area contributed by atoms with Crippen molar-refractivity contribution in [1.29, 1.82) is 0 Å². The van der Waals surface area contributed by atoms with Gasteiger partial charge >= 0.3 is 5.97 Å². The van der Waals surface area contributed by atoms with Crippen LogP contribution in [0.15, 0.2) is 0 Å². The molecule has 1 fully saturated rings. The maximum atomic E-state index is 12.3. The molecule has 0 radical (unpaired) electrons. The van der Waals surface area contributed by atoms with Gasteiger partial charge in [-0.25, -0.2) is 4.79 Å². The highest BCUT2D eigenvalue weighted by Gasteiger charge is 2.37. The zero-order valence-electron chi connectivity index (χ0n) is 13.2. The molecule has 19 heavy (non-hydrogen) atoms. The third kappa shape index (κ3) is 5.91. The molecule has 4 heteroatoms. The molecule has 1 saturated heterocycles. The molecular formula is C15H29NO3. The monoisotopic (exact) mass is 271 g/mol. The molecule has 1 aliphatic heterocycles. The molecule has 0 aromatic rings. The van der Waals surface area contributed by atoms with Crippen molar-refractivity contribution in [2.75, 3.05) is 13.1 Å². The Balaban J connectivity index is 2.69. The topological polar surface area (TPSA) is 47.6 Å². The largest absolute Gasteiger partial charge is 0.458 e. The number of carbonyl (C=O) groups is 1. The number of carbonyl (C=O) groups excluding carboxylic acids is 1. The molecule has 0 bridgehead atoms. The highest BCUT2D eigenvalue weighted by molar-refractivity contribution is 5.76. The third-order valence-corrected chi connectivity index (χ3v) is 3.02. The SMILES string of the molecule is CC(C)(C)OC(=O)C(OC1CCNCC1)C(C)(C)C. The van der Waals surface area contributed by atoms with Gasteiger partial charge in [0.1, 0.15) is 5.60 Å². The molecule has 0 aromatic heterocycles. The first-order valence-corrected chi connectivity index (χ1v) is 7.18. The summed E-state index contributed by atoms with van der Waals surface area (Å²) in [7, 11) is 0. The van der Waals surface area contributed by atoms with E-state index in [9.17, 15) is 4.79 Å². The van der Waals surface area contributed by atoms with Crippen molar-refractivity contribution in [2.24, 2.45) is 5.41 Å². The van der Waals surface area contributed by atoms with Crippen molar-refractivity contribution < 1.29 is 14.3 Å². The van der Waals surface area contributed by atoms with Crippen LogP contribution in [0.3, 0.4) is 0 Å². The average molecular weight is 271 g/mol. The molecule has 112 valence electrons. The Morgan fingerprint density at radius 3 is 2.05 bits per heavy atom. The van der Waals surface area contributed by atoms with E-state index in [1.807, 2.05) is 41.5 Å². The fourth-order valence-corrected chi connectivity index (χ4v) is 2.09. The fraction of sp³-hybridized carbons (Fsp3) is 0.933. The van der Waals surface area contributed by atoms with E-state index in [1.54, 1.807) is 0 Å². The molecule has 1 aliphatic rings. The third-order valence-electron chi connectivity index (χ3n) is 3.02. The van der Waals surface area contributed by atoms with Crippen LogP contribution in [0.1, 0.15) is 54.4 Å². The lowest BCUT2D eigenvalue weighted by Gasteiger charge is -2.35. The van der Waals surface area contributed by atoms with Gasteiger partial charge in [0.15, 0.2) is 6.10 Å². The summed E-state index contributed by atoms with van der Waals surface area (Å²) in [6, 6.07) is 0. The Morgan fingerprint density at radius 1 is 1.11 bits per heavy atom. The molecule has 0 amide bonds. The second-order valence-electron chi connectivity index (χ2n) is 7.36. The fourth-order valence-electron chi connectivity index (χ4n) is 2.09. The minimum Gasteiger partial charge on any atom is -0.458 e. The number of hydrogen-bond acceptors (Lipinski definition) is 4. The quantitative estimate of drug-likeness (QED) is 0.801. The minimum absolute atomic E-state index is 0.151. The molecule has 4 nitrogen and oxygen atoms in total. The van der Waals surface area contributed by atoms with Crippen molar-refractivity contribution in [3.63, 3.8) is 0 Å². The van der Waals surface area contributed by atoms with Gasteiger partial charge in [0, 0.05) is 0 Å². The zero-order chi connectivity index (χ0) is 14.7. The molecule has 1 rings (SSSR count). The van der Waals surface area contributed by atoms with Crippen LogP contribution in [-0.2, 0) is 14.3 Å². The maximum absolute atomic E-state index is 12.3. The van der Waals surface area contributed by atoms with Crippen LogP contribution in [0.25, 0.3) is 0 Å². The number of ether oxygens (including phenoxy) is 2. The van der Waals surface area contributed by atoms with Crippen molar-refractivity contribution >= 4 is 5.97 Å². The van der Waals surface area contributed by atoms with E-state index in [0.717, 1.165) is 25.9 Å². The van der Waals surface area contributed by atoms with Gasteiger partial charge in [-0.3, -0.25) is 0 Å². The van der Waals surface area contributed by atoms with Gasteiger partial charge in [0.2, 0.25) is 0 Å². The minimum atomic E-state index is -0.505. The first-order valence-electron chi connectivity index (χ1n) is 7.18. The van der Waals surface area contributed by atoms with Crippen molar-refractivity contribution in [1.82, 2.24) is 5.32 Å². The van der Waals surface area contributed by atoms with E-state index >= 15 is 0 Å². The first kappa shape index (κ1) is 16.4. The van der Waals surface area contributed by atoms with Gasteiger partial charge in [-0.15, -0.1) is 0 Å². The van der Waals surface area contributed by atoms with Crippen LogP contribution >= 0.6 is 0 Å². The van der Waals surface area contributed by atoms with Gasteiger partial charge < -0.3 is 14.8 Å². The highest BCUT2D eigenvalue weighted by Crippen LogP contribution is 2.27. The van der Waals surface area contributed by atoms with E-state index in [-0.39, 0.29) is 17.5 Å². The molecule has 1 N–H and O–H groups in total. The van der Waals surface area contributed by atoms with E-state index in [0.29, 0.717) is 0 Å². The Labute approximate surface area is 117 Å². The van der Waals surface area contributed by atoms with Gasteiger partial charge in [-0.05, 0) is 52.1 Å². The lowest BCUT2D eigenvalue weighted by Crippen LogP contribution is -2.45. The van der Waals surface area contributed by atoms with E-state index in [2.05, 4.69) is 5.32 Å². The predicted octanol–water partition coefficient (Wildman–Crippen LogP) is 2.51. The molecule has 1 atom stereocenters. The Bertz CT molecular complexity index is 295. The number of nitrogens with one attached hydrogen (secondary N) is 1. The number of esters is 1. The summed E-state index contributed by atoms with van der Waals surface area (Å²) in [6.45, 7) is 13.6. The van der Waals surface area contributed by atoms with Crippen LogP contribution in [0, 0.1) is 5.41 Å². The molecule has 0 aromatic carbocycles. The van der Waals surface area contributed by atoms with E-state index in [1.165, 1.54) is 0 Å². The smallest absolute Gasteiger partial charge is 0.336 e. The van der Waals surface area contributed by atoms with Crippen LogP contribution in [0.4, 0.5) is 0 Å². The van der Waals surface area contributed by atoms with Gasteiger partial charge in [0.25, 0.3) is 0 Å². The van der Waals surface area contributed by atoms with Gasteiger partial charge in [-0.2, -0.15) is 0 Å². The Morgan fingerprint density at radius 2 is 1.63 bits per heavy atom. The van der Waals surface area contributed by atoms with Crippen molar-refractivity contribution in [2.45, 2.75) is 72.2 Å². The summed E-state index contributed by atoms with van der Waals surface area (Å²) in [4.78, 5) is 12.3. The molecule has 1 heterocycles. The molecule has 0 aliphatic carbocycles. The second-order valence-corrected chi connectivity index (χ2v) is 7.36. The Kier molecular flexibility index (Phi) is 5.39. The summed E-state index contributed by atoms with van der Waals surface area (Å²) in [5.74, 6) is -0.251. The van der Waals surface area contributed by atoms with Crippen LogP contribution in [0.5, 0.6) is 0 Å². The lowest BCUT2D eigenvalue weighted by molar-refractivity contribution is -0.182. The predicted molar refractivity (Wildman–Crippen MR) is 76.1 cm³/mol. The lowest BCUT2D eigenvalue weighted by atomic mass is 9.88. The molecule has 0 spiro atoms. The highest BCUT2D eigenvalue weighted by atomic mass is 16.6. The summed E-state index contributed by atoms with van der Waals surface area (Å²) < 4.78 is 11.5. The number of piperidine rings is 1. The standard InChI is InChI=1S/C15H29NO3/c1-14(2,3)12(13(17)19-15(4,5)6)18-11-7-9-16-10-8-11/h11-12,16H,7-10H2,1-6H3. The molecule has 0 saturated carbocycles. The average Bonchev–Trinajstić information content (AvgIpc) is 2.23. The molecule has 1 unspecified atom stereocenters. The van der Waals surface area contributed by atoms with Crippen LogP contribution in [-0.4, -0.2) is 36.9 Å². The zero-order valence-corrected chi connectivity index (χ0v) is 13.2. The first-order chi connectivity index (χ1) is 8.59. The van der Waals surface area contributed by atoms with Gasteiger partial charge in [0.05, 0.1) is 6.10 Å². The molecular weight excluding hydrogens is 242 g/mol. The second kappa shape index (κ2) is 6.23. The van der Waals surface area contributed by atoms with Crippen LogP contribution in [0.2, 0.25) is 0 Å². The van der Waals surface area contributed by atoms with Crippen LogP contribution < -0.4 is 5.32 Å². The summed E-state index contributed by atoms with van der Waals surface area (Å²) in [5, 5.41) is 3.30. The van der Waals surface area contributed by atoms with E-state index < -0.39 is 11.7 Å².